The lowest BCUT2D eigenvalue weighted by Gasteiger charge is -2.12. The molecule has 35 heavy (non-hydrogen) atoms. The molecule has 2 heterocycles. The van der Waals surface area contributed by atoms with Crippen molar-refractivity contribution in [3.8, 4) is 11.5 Å². The van der Waals surface area contributed by atoms with Gasteiger partial charge >= 0.3 is 12.2 Å². The molecule has 0 bridgehead atoms. The number of pyridine rings is 1. The summed E-state index contributed by atoms with van der Waals surface area (Å²) in [6, 6.07) is 12.5. The Labute approximate surface area is 205 Å². The third-order valence-electron chi connectivity index (χ3n) is 4.68. The summed E-state index contributed by atoms with van der Waals surface area (Å²) < 4.78 is 45.7. The van der Waals surface area contributed by atoms with Crippen LogP contribution in [0.15, 0.2) is 60.8 Å². The third kappa shape index (κ3) is 5.81. The second-order valence-corrected chi connectivity index (χ2v) is 8.63. The number of carbonyl (C=O) groups is 2. The maximum absolute atomic E-state index is 13.0. The number of thiophene rings is 1. The van der Waals surface area contributed by atoms with E-state index in [1.165, 1.54) is 36.7 Å². The van der Waals surface area contributed by atoms with Gasteiger partial charge in [-0.15, -0.1) is 11.3 Å². The Bertz CT molecular complexity index is 1420. The van der Waals surface area contributed by atoms with Crippen LogP contribution >= 0.6 is 22.9 Å². The smallest absolute Gasteiger partial charge is 0.417 e. The lowest BCUT2D eigenvalue weighted by molar-refractivity contribution is -0.137. The highest BCUT2D eigenvalue weighted by atomic mass is 35.5. The first-order valence-corrected chi connectivity index (χ1v) is 11.2. The SMILES string of the molecule is CNC(=O)c1cc(Oc2ccc3cc(NC(=O)Nc4ccc(Cl)c(C(F)(F)F)c4)sc3c2)ccn1. The Hall–Kier alpha value is -3.83. The average molecular weight is 521 g/mol. The van der Waals surface area contributed by atoms with Gasteiger partial charge in [0.2, 0.25) is 0 Å². The number of amides is 3. The zero-order valence-electron chi connectivity index (χ0n) is 17.9. The van der Waals surface area contributed by atoms with E-state index in [9.17, 15) is 22.8 Å². The van der Waals surface area contributed by atoms with Crippen LogP contribution in [0, 0.1) is 0 Å². The number of hydrogen-bond donors (Lipinski definition) is 3. The molecule has 4 rings (SSSR count). The quantitative estimate of drug-likeness (QED) is 0.271. The van der Waals surface area contributed by atoms with Crippen LogP contribution in [0.3, 0.4) is 0 Å². The Morgan fingerprint density at radius 2 is 1.77 bits per heavy atom. The molecule has 12 heteroatoms. The molecule has 3 amide bonds. The van der Waals surface area contributed by atoms with Gasteiger partial charge in [-0.3, -0.25) is 15.1 Å². The van der Waals surface area contributed by atoms with Crippen molar-refractivity contribution < 1.29 is 27.5 Å². The van der Waals surface area contributed by atoms with Crippen LogP contribution in [0.4, 0.5) is 28.7 Å². The van der Waals surface area contributed by atoms with Gasteiger partial charge in [0.25, 0.3) is 5.91 Å². The van der Waals surface area contributed by atoms with E-state index in [2.05, 4.69) is 20.9 Å². The van der Waals surface area contributed by atoms with Crippen LogP contribution < -0.4 is 20.7 Å². The zero-order chi connectivity index (χ0) is 25.2. The predicted octanol–water partition coefficient (Wildman–Crippen LogP) is 6.76. The first-order valence-electron chi connectivity index (χ1n) is 9.97. The lowest BCUT2D eigenvalue weighted by Crippen LogP contribution is -2.19. The molecule has 180 valence electrons. The fraction of sp³-hybridized carbons (Fsp3) is 0.0870. The van der Waals surface area contributed by atoms with Crippen LogP contribution in [0.5, 0.6) is 11.5 Å². The number of fused-ring (bicyclic) bond motifs is 1. The summed E-state index contributed by atoms with van der Waals surface area (Å²) in [4.78, 5) is 28.1. The highest BCUT2D eigenvalue weighted by Crippen LogP contribution is 2.37. The van der Waals surface area contributed by atoms with Crippen LogP contribution in [0.25, 0.3) is 10.1 Å². The first kappa shape index (κ1) is 24.3. The molecule has 0 atom stereocenters. The van der Waals surface area contributed by atoms with Crippen molar-refractivity contribution in [3.63, 3.8) is 0 Å². The van der Waals surface area contributed by atoms with Crippen LogP contribution in [-0.4, -0.2) is 24.0 Å². The van der Waals surface area contributed by atoms with Crippen molar-refractivity contribution in [2.45, 2.75) is 6.18 Å². The predicted molar refractivity (Wildman–Crippen MR) is 129 cm³/mol. The number of carbonyl (C=O) groups excluding carboxylic acids is 2. The fourth-order valence-electron chi connectivity index (χ4n) is 3.09. The van der Waals surface area contributed by atoms with Gasteiger partial charge in [-0.1, -0.05) is 11.6 Å². The van der Waals surface area contributed by atoms with Gasteiger partial charge in [0, 0.05) is 29.7 Å². The summed E-state index contributed by atoms with van der Waals surface area (Å²) in [5.74, 6) is 0.588. The Kier molecular flexibility index (Phi) is 6.81. The molecule has 4 aromatic rings. The minimum Gasteiger partial charge on any atom is -0.457 e. The van der Waals surface area contributed by atoms with Crippen LogP contribution in [0.1, 0.15) is 16.1 Å². The number of aromatic nitrogens is 1. The number of anilines is 2. The highest BCUT2D eigenvalue weighted by Gasteiger charge is 2.33. The number of rotatable bonds is 5. The number of urea groups is 1. The monoisotopic (exact) mass is 520 g/mol. The molecule has 0 fully saturated rings. The molecule has 0 aliphatic carbocycles. The second-order valence-electron chi connectivity index (χ2n) is 7.14. The molecule has 2 aromatic heterocycles. The highest BCUT2D eigenvalue weighted by molar-refractivity contribution is 7.23. The second kappa shape index (κ2) is 9.80. The van der Waals surface area contributed by atoms with Crippen molar-refractivity contribution in [2.24, 2.45) is 0 Å². The molecule has 3 N–H and O–H groups in total. The standard InChI is InChI=1S/C23H16ClF3N4O3S/c1-28-21(32)18-10-15(6-7-29-18)34-14-4-2-12-8-20(35-19(12)11-14)31-22(33)30-13-3-5-17(24)16(9-13)23(25,26)27/h2-11H,1H3,(H,28,32)(H2,30,31,33). The summed E-state index contributed by atoms with van der Waals surface area (Å²) in [6.07, 6.45) is -3.18. The molecule has 0 aliphatic rings. The molecule has 0 unspecified atom stereocenters. The molecule has 0 aliphatic heterocycles. The van der Waals surface area contributed by atoms with E-state index >= 15 is 0 Å². The van der Waals surface area contributed by atoms with Crippen molar-refractivity contribution in [1.82, 2.24) is 10.3 Å². The van der Waals surface area contributed by atoms with Crippen molar-refractivity contribution >= 4 is 55.7 Å². The van der Waals surface area contributed by atoms with Gasteiger partial charge in [0.15, 0.2) is 0 Å². The summed E-state index contributed by atoms with van der Waals surface area (Å²) in [7, 11) is 1.50. The molecule has 7 nitrogen and oxygen atoms in total. The lowest BCUT2D eigenvalue weighted by atomic mass is 10.2. The third-order valence-corrected chi connectivity index (χ3v) is 6.03. The van der Waals surface area contributed by atoms with E-state index in [-0.39, 0.29) is 17.3 Å². The van der Waals surface area contributed by atoms with Crippen molar-refractivity contribution in [2.75, 3.05) is 17.7 Å². The molecule has 0 spiro atoms. The van der Waals surface area contributed by atoms with Gasteiger partial charge in [-0.25, -0.2) is 4.79 Å². The van der Waals surface area contributed by atoms with Gasteiger partial charge in [0.1, 0.15) is 17.2 Å². The van der Waals surface area contributed by atoms with Crippen molar-refractivity contribution in [3.05, 3.63) is 77.1 Å². The Morgan fingerprint density at radius 1 is 1.00 bits per heavy atom. The van der Waals surface area contributed by atoms with E-state index in [1.54, 1.807) is 30.3 Å². The van der Waals surface area contributed by atoms with E-state index in [0.717, 1.165) is 22.2 Å². The summed E-state index contributed by atoms with van der Waals surface area (Å²) in [5.41, 5.74) is -0.879. The average Bonchev–Trinajstić information content (AvgIpc) is 3.20. The van der Waals surface area contributed by atoms with Gasteiger partial charge < -0.3 is 15.4 Å². The van der Waals surface area contributed by atoms with E-state index in [1.807, 2.05) is 0 Å². The van der Waals surface area contributed by atoms with Gasteiger partial charge in [0.05, 0.1) is 15.6 Å². The van der Waals surface area contributed by atoms with Gasteiger partial charge in [-0.2, -0.15) is 13.2 Å². The number of hydrogen-bond acceptors (Lipinski definition) is 5. The van der Waals surface area contributed by atoms with Crippen LogP contribution in [-0.2, 0) is 6.18 Å². The molecular formula is C23H16ClF3N4O3S. The zero-order valence-corrected chi connectivity index (χ0v) is 19.4. The minimum absolute atomic E-state index is 0.0514. The largest absolute Gasteiger partial charge is 0.457 e. The number of halogens is 4. The molecule has 0 saturated heterocycles. The van der Waals surface area contributed by atoms with E-state index < -0.39 is 22.8 Å². The summed E-state index contributed by atoms with van der Waals surface area (Å²) in [6.45, 7) is 0. The summed E-state index contributed by atoms with van der Waals surface area (Å²) in [5, 5.41) is 8.32. The number of nitrogens with one attached hydrogen (secondary N) is 3. The Morgan fingerprint density at radius 3 is 2.51 bits per heavy atom. The summed E-state index contributed by atoms with van der Waals surface area (Å²) >= 11 is 6.86. The number of benzene rings is 2. The maximum atomic E-state index is 13.0. The Balaban J connectivity index is 1.46. The molecule has 0 radical (unpaired) electrons. The van der Waals surface area contributed by atoms with Gasteiger partial charge in [-0.05, 0) is 53.9 Å². The van der Waals surface area contributed by atoms with Crippen molar-refractivity contribution in [1.29, 1.82) is 0 Å². The topological polar surface area (TPSA) is 92.4 Å². The normalized spacial score (nSPS) is 11.2. The number of ether oxygens (including phenoxy) is 1. The number of alkyl halides is 3. The first-order chi connectivity index (χ1) is 16.6. The molecular weight excluding hydrogens is 505 g/mol. The van der Waals surface area contributed by atoms with E-state index in [4.69, 9.17) is 16.3 Å². The van der Waals surface area contributed by atoms with E-state index in [0.29, 0.717) is 16.5 Å². The molecule has 2 aromatic carbocycles. The van der Waals surface area contributed by atoms with Crippen LogP contribution in [0.2, 0.25) is 5.02 Å². The number of nitrogens with zero attached hydrogens (tertiary/aromatic N) is 1. The fourth-order valence-corrected chi connectivity index (χ4v) is 4.31. The maximum Gasteiger partial charge on any atom is 0.417 e. The molecule has 0 saturated carbocycles. The minimum atomic E-state index is -4.64.